The molecule has 0 bridgehead atoms. The fraction of sp³-hybridized carbons (Fsp3) is 0.250. The molecule has 13 heteroatoms. The van der Waals surface area contributed by atoms with Crippen LogP contribution in [0.1, 0.15) is 60.0 Å². The van der Waals surface area contributed by atoms with E-state index < -0.39 is 17.7 Å². The van der Waals surface area contributed by atoms with E-state index in [4.69, 9.17) is 37.4 Å². The third-order valence-corrected chi connectivity index (χ3v) is 11.4. The van der Waals surface area contributed by atoms with Gasteiger partial charge in [0.15, 0.2) is 15.8 Å². The number of halogens is 2. The fourth-order valence-corrected chi connectivity index (χ4v) is 8.21. The largest absolute Gasteiger partial charge is 0.507 e. The number of benzene rings is 4. The number of ether oxygens (including phenoxy) is 3. The lowest BCUT2D eigenvalue weighted by atomic mass is 9.95. The van der Waals surface area contributed by atoms with E-state index in [0.717, 1.165) is 47.3 Å². The van der Waals surface area contributed by atoms with Crippen LogP contribution in [-0.4, -0.2) is 40.7 Å². The van der Waals surface area contributed by atoms with E-state index in [2.05, 4.69) is 17.1 Å². The van der Waals surface area contributed by atoms with Crippen molar-refractivity contribution in [3.05, 3.63) is 128 Å². The molecule has 6 rings (SSSR count). The van der Waals surface area contributed by atoms with Gasteiger partial charge in [-0.25, -0.2) is 0 Å². The van der Waals surface area contributed by atoms with E-state index in [1.807, 2.05) is 37.3 Å². The van der Waals surface area contributed by atoms with Crippen LogP contribution in [0.15, 0.2) is 94.8 Å². The Labute approximate surface area is 326 Å². The standard InChI is InChI=1S/C40H37Cl2N3O6S2/c1-4-5-8-19-50-32-18-14-26(20-33(32)49-3)35-34(36(46)25-12-16-30(17-13-25)51-22-27-10-7-6-9-24(27)2)37(47)38(48)45(35)39-43-44-40(53-39)52-23-28-11-15-29(41)21-31(28)42/h6-7,9-18,20-21,35,46H,4-5,8,19,22-23H2,1-3H3/b36-34+. The molecule has 1 N–H and O–H groups in total. The minimum absolute atomic E-state index is 0.0976. The van der Waals surface area contributed by atoms with Crippen molar-refractivity contribution in [3.63, 3.8) is 0 Å². The van der Waals surface area contributed by atoms with Gasteiger partial charge in [-0.3, -0.25) is 14.5 Å². The molecule has 1 amide bonds. The summed E-state index contributed by atoms with van der Waals surface area (Å²) in [7, 11) is 1.53. The topological polar surface area (TPSA) is 111 Å². The van der Waals surface area contributed by atoms with Gasteiger partial charge < -0.3 is 19.3 Å². The number of aliphatic hydroxyl groups is 1. The Kier molecular flexibility index (Phi) is 12.6. The molecule has 0 saturated carbocycles. The maximum Gasteiger partial charge on any atom is 0.301 e. The van der Waals surface area contributed by atoms with Crippen LogP contribution in [0, 0.1) is 6.92 Å². The molecule has 1 atom stereocenters. The predicted octanol–water partition coefficient (Wildman–Crippen LogP) is 10.2. The first-order valence-corrected chi connectivity index (χ1v) is 19.5. The monoisotopic (exact) mass is 789 g/mol. The highest BCUT2D eigenvalue weighted by Gasteiger charge is 2.48. The van der Waals surface area contributed by atoms with Gasteiger partial charge in [-0.2, -0.15) is 0 Å². The number of ketones is 1. The Bertz CT molecular complexity index is 2140. The number of thioether (sulfide) groups is 1. The number of unbranched alkanes of at least 4 members (excludes halogenated alkanes) is 2. The second-order valence-corrected chi connectivity index (χ2v) is 15.3. The molecular formula is C40H37Cl2N3O6S2. The van der Waals surface area contributed by atoms with Crippen molar-refractivity contribution in [1.82, 2.24) is 10.2 Å². The van der Waals surface area contributed by atoms with Gasteiger partial charge >= 0.3 is 5.91 Å². The molecule has 2 heterocycles. The van der Waals surface area contributed by atoms with Crippen molar-refractivity contribution in [2.75, 3.05) is 18.6 Å². The number of Topliss-reactive ketones (excluding diaryl/α,β-unsaturated/α-hetero) is 1. The van der Waals surface area contributed by atoms with Crippen molar-refractivity contribution >= 4 is 68.9 Å². The molecule has 1 aromatic heterocycles. The van der Waals surface area contributed by atoms with E-state index in [1.54, 1.807) is 54.6 Å². The number of rotatable bonds is 15. The van der Waals surface area contributed by atoms with E-state index in [1.165, 1.54) is 23.8 Å². The van der Waals surface area contributed by atoms with Gasteiger partial charge in [0.1, 0.15) is 18.1 Å². The van der Waals surface area contributed by atoms with E-state index in [-0.39, 0.29) is 16.5 Å². The number of carbonyl (C=O) groups excluding carboxylic acids is 2. The highest BCUT2D eigenvalue weighted by molar-refractivity contribution is 8.00. The lowest BCUT2D eigenvalue weighted by Crippen LogP contribution is -2.29. The maximum atomic E-state index is 13.9. The number of anilines is 1. The minimum Gasteiger partial charge on any atom is -0.507 e. The summed E-state index contributed by atoms with van der Waals surface area (Å²) in [6.45, 7) is 5.03. The Morgan fingerprint density at radius 2 is 1.72 bits per heavy atom. The number of methoxy groups -OCH3 is 1. The molecule has 53 heavy (non-hydrogen) atoms. The summed E-state index contributed by atoms with van der Waals surface area (Å²) < 4.78 is 18.3. The highest BCUT2D eigenvalue weighted by Crippen LogP contribution is 2.46. The van der Waals surface area contributed by atoms with Gasteiger partial charge in [-0.05, 0) is 84.1 Å². The van der Waals surface area contributed by atoms with Crippen LogP contribution in [0.25, 0.3) is 5.76 Å². The predicted molar refractivity (Wildman–Crippen MR) is 211 cm³/mol. The van der Waals surface area contributed by atoms with Gasteiger partial charge in [0.2, 0.25) is 5.13 Å². The third kappa shape index (κ3) is 8.81. The van der Waals surface area contributed by atoms with Crippen LogP contribution in [0.4, 0.5) is 5.13 Å². The second-order valence-electron chi connectivity index (χ2n) is 12.2. The third-order valence-electron chi connectivity index (χ3n) is 8.70. The molecule has 1 fully saturated rings. The number of aromatic nitrogens is 2. The number of aliphatic hydroxyl groups excluding tert-OH is 1. The van der Waals surface area contributed by atoms with Gasteiger partial charge in [-0.1, -0.05) is 102 Å². The lowest BCUT2D eigenvalue weighted by molar-refractivity contribution is -0.132. The Balaban J connectivity index is 1.33. The van der Waals surface area contributed by atoms with Crippen LogP contribution >= 0.6 is 46.3 Å². The summed E-state index contributed by atoms with van der Waals surface area (Å²) in [4.78, 5) is 29.1. The smallest absolute Gasteiger partial charge is 0.301 e. The van der Waals surface area contributed by atoms with Crippen molar-refractivity contribution in [3.8, 4) is 17.2 Å². The van der Waals surface area contributed by atoms with Crippen LogP contribution in [0.5, 0.6) is 17.2 Å². The Morgan fingerprint density at radius 1 is 0.925 bits per heavy atom. The molecule has 1 aliphatic rings. The maximum absolute atomic E-state index is 13.9. The quantitative estimate of drug-likeness (QED) is 0.0277. The first-order chi connectivity index (χ1) is 25.7. The van der Waals surface area contributed by atoms with Crippen molar-refractivity contribution in [2.45, 2.75) is 55.9 Å². The molecule has 5 aromatic rings. The van der Waals surface area contributed by atoms with Gasteiger partial charge in [0.25, 0.3) is 5.78 Å². The second kappa shape index (κ2) is 17.5. The molecule has 1 unspecified atom stereocenters. The summed E-state index contributed by atoms with van der Waals surface area (Å²) in [6.07, 6.45) is 2.98. The normalized spacial score (nSPS) is 15.2. The average molecular weight is 791 g/mol. The lowest BCUT2D eigenvalue weighted by Gasteiger charge is -2.23. The van der Waals surface area contributed by atoms with E-state index >= 15 is 0 Å². The number of hydrogen-bond donors (Lipinski definition) is 1. The van der Waals surface area contributed by atoms with Gasteiger partial charge in [0.05, 0.1) is 25.3 Å². The molecule has 0 spiro atoms. The van der Waals surface area contributed by atoms with Crippen LogP contribution in [0.2, 0.25) is 10.0 Å². The molecule has 0 aliphatic carbocycles. The Hall–Kier alpha value is -4.55. The zero-order chi connectivity index (χ0) is 37.5. The summed E-state index contributed by atoms with van der Waals surface area (Å²) in [5.41, 5.74) is 3.78. The van der Waals surface area contributed by atoms with Crippen LogP contribution in [0.3, 0.4) is 0 Å². The summed E-state index contributed by atoms with van der Waals surface area (Å²) >= 11 is 15.0. The molecule has 1 saturated heterocycles. The average Bonchev–Trinajstić information content (AvgIpc) is 3.73. The van der Waals surface area contributed by atoms with Gasteiger partial charge in [0, 0.05) is 21.4 Å². The van der Waals surface area contributed by atoms with Gasteiger partial charge in [-0.15, -0.1) is 10.2 Å². The Morgan fingerprint density at radius 3 is 2.45 bits per heavy atom. The zero-order valence-corrected chi connectivity index (χ0v) is 32.5. The SMILES string of the molecule is CCCCCOc1ccc(C2/C(=C(\O)c3ccc(OCc4ccccc4C)cc3)C(=O)C(=O)N2c2nnc(SCc3ccc(Cl)cc3Cl)s2)cc1OC. The molecule has 0 radical (unpaired) electrons. The van der Waals surface area contributed by atoms with E-state index in [9.17, 15) is 14.7 Å². The minimum atomic E-state index is -1.05. The van der Waals surface area contributed by atoms with Crippen LogP contribution < -0.4 is 19.1 Å². The molecule has 274 valence electrons. The fourth-order valence-electron chi connectivity index (χ4n) is 5.79. The number of hydrogen-bond acceptors (Lipinski definition) is 10. The number of nitrogens with zero attached hydrogens (tertiary/aromatic N) is 3. The highest BCUT2D eigenvalue weighted by atomic mass is 35.5. The number of aryl methyl sites for hydroxylation is 1. The van der Waals surface area contributed by atoms with E-state index in [0.29, 0.717) is 61.7 Å². The first-order valence-electron chi connectivity index (χ1n) is 17.0. The molecule has 9 nitrogen and oxygen atoms in total. The summed E-state index contributed by atoms with van der Waals surface area (Å²) in [5, 5.41) is 21.7. The first kappa shape index (κ1) is 38.2. The number of carbonyl (C=O) groups is 2. The van der Waals surface area contributed by atoms with Crippen molar-refractivity contribution in [1.29, 1.82) is 0 Å². The van der Waals surface area contributed by atoms with Crippen molar-refractivity contribution < 1.29 is 28.9 Å². The molecular weight excluding hydrogens is 753 g/mol. The van der Waals surface area contributed by atoms with Crippen molar-refractivity contribution in [2.24, 2.45) is 0 Å². The summed E-state index contributed by atoms with van der Waals surface area (Å²) in [6, 6.07) is 24.1. The number of amides is 1. The molecule has 4 aromatic carbocycles. The molecule has 1 aliphatic heterocycles. The summed E-state index contributed by atoms with van der Waals surface area (Å²) in [5.74, 6) is -0.0228. The van der Waals surface area contributed by atoms with Crippen LogP contribution in [-0.2, 0) is 21.9 Å². The zero-order valence-electron chi connectivity index (χ0n) is 29.3.